The van der Waals surface area contributed by atoms with Gasteiger partial charge in [0.05, 0.1) is 11.7 Å². The van der Waals surface area contributed by atoms with E-state index >= 15 is 0 Å². The lowest BCUT2D eigenvalue weighted by Crippen LogP contribution is -2.46. The lowest BCUT2D eigenvalue weighted by Gasteiger charge is -2.40. The van der Waals surface area contributed by atoms with E-state index in [4.69, 9.17) is 4.99 Å². The normalized spacial score (nSPS) is 28.7. The fourth-order valence-electron chi connectivity index (χ4n) is 4.86. The van der Waals surface area contributed by atoms with Crippen LogP contribution in [0, 0.1) is 0 Å². The van der Waals surface area contributed by atoms with Crippen LogP contribution in [0.15, 0.2) is 51.0 Å². The number of nitrogens with zero attached hydrogens (tertiary/aromatic N) is 5. The molecule has 10 heteroatoms. The molecule has 30 heavy (non-hydrogen) atoms. The molecule has 2 saturated heterocycles. The number of aromatic amines is 1. The average molecular weight is 442 g/mol. The molecule has 0 spiro atoms. The minimum absolute atomic E-state index is 0.0751. The summed E-state index contributed by atoms with van der Waals surface area (Å²) in [4.78, 5) is 22.6. The molecule has 3 aliphatic heterocycles. The van der Waals surface area contributed by atoms with Crippen molar-refractivity contribution >= 4 is 32.6 Å². The van der Waals surface area contributed by atoms with Crippen molar-refractivity contribution in [2.75, 3.05) is 7.05 Å². The minimum Gasteiger partial charge on any atom is -0.311 e. The van der Waals surface area contributed by atoms with Gasteiger partial charge in [-0.2, -0.15) is 5.10 Å². The summed E-state index contributed by atoms with van der Waals surface area (Å²) >= 11 is 0.620. The van der Waals surface area contributed by atoms with Crippen molar-refractivity contribution in [2.24, 2.45) is 4.99 Å². The van der Waals surface area contributed by atoms with Crippen molar-refractivity contribution in [1.82, 2.24) is 29.4 Å². The maximum atomic E-state index is 13.1. The molecule has 3 aromatic rings. The van der Waals surface area contributed by atoms with Gasteiger partial charge in [0.2, 0.25) is 0 Å². The van der Waals surface area contributed by atoms with Gasteiger partial charge < -0.3 is 5.32 Å². The molecule has 3 aromatic heterocycles. The number of aliphatic imine (C=N–C) groups is 1. The van der Waals surface area contributed by atoms with Gasteiger partial charge in [0.25, 0.3) is 5.56 Å². The van der Waals surface area contributed by atoms with Crippen LogP contribution in [-0.2, 0) is 0 Å². The quantitative estimate of drug-likeness (QED) is 0.544. The van der Waals surface area contributed by atoms with E-state index in [9.17, 15) is 4.79 Å². The summed E-state index contributed by atoms with van der Waals surface area (Å²) in [5, 5.41) is 13.3. The van der Waals surface area contributed by atoms with E-state index in [-0.39, 0.29) is 5.56 Å². The largest absolute Gasteiger partial charge is 0.311 e. The molecule has 2 N–H and O–H groups in total. The molecule has 1 unspecified atom stereocenters. The number of aromatic nitrogens is 4. The second-order valence-electron chi connectivity index (χ2n) is 8.15. The lowest BCUT2D eigenvalue weighted by atomic mass is 10.0. The summed E-state index contributed by atoms with van der Waals surface area (Å²) in [5.41, 5.74) is 3.54. The molecule has 2 bridgehead atoms. The number of hydrogen-bond donors (Lipinski definition) is 3. The molecule has 3 aliphatic rings. The van der Waals surface area contributed by atoms with Crippen molar-refractivity contribution in [3.05, 3.63) is 46.6 Å². The molecule has 0 aliphatic carbocycles. The van der Waals surface area contributed by atoms with Crippen LogP contribution in [0.25, 0.3) is 11.1 Å². The Kier molecular flexibility index (Phi) is 4.41. The highest BCUT2D eigenvalue weighted by atomic mass is 32.2. The predicted molar refractivity (Wildman–Crippen MR) is 121 cm³/mol. The third-order valence-corrected chi connectivity index (χ3v) is 9.63. The Morgan fingerprint density at radius 2 is 2.10 bits per heavy atom. The zero-order chi connectivity index (χ0) is 20.2. The standard InChI is InChI=1S/C20H23N7OS2/c1-26(16-7-14-2-3-15(8-16)24-14)30-19-18(29-11-21-19)25-20(30)27-5-4-12(6-17(27)28)13-9-22-23-10-13/h4-6,9-11,14-16,24,30H,2-3,7-8H2,1H3,(H,22,23)/t14-,15+,16-. The van der Waals surface area contributed by atoms with Crippen molar-refractivity contribution in [1.29, 1.82) is 0 Å². The molecule has 6 heterocycles. The fraction of sp³-hybridized carbons (Fsp3) is 0.400. The van der Waals surface area contributed by atoms with E-state index < -0.39 is 11.1 Å². The van der Waals surface area contributed by atoms with Crippen molar-refractivity contribution in [3.8, 4) is 11.1 Å². The number of rotatable bonds is 3. The Balaban J connectivity index is 1.36. The van der Waals surface area contributed by atoms with Crippen molar-refractivity contribution in [3.63, 3.8) is 0 Å². The smallest absolute Gasteiger partial charge is 0.257 e. The van der Waals surface area contributed by atoms with E-state index in [2.05, 4.69) is 31.9 Å². The summed E-state index contributed by atoms with van der Waals surface area (Å²) < 4.78 is 4.16. The molecule has 0 aromatic carbocycles. The van der Waals surface area contributed by atoms with E-state index in [0.717, 1.165) is 39.2 Å². The Morgan fingerprint density at radius 1 is 1.27 bits per heavy atom. The third-order valence-electron chi connectivity index (χ3n) is 6.38. The van der Waals surface area contributed by atoms with Crippen LogP contribution in [0.3, 0.4) is 0 Å². The molecule has 0 amide bonds. The van der Waals surface area contributed by atoms with E-state index in [1.54, 1.807) is 34.4 Å². The molecule has 6 rings (SSSR count). The highest BCUT2D eigenvalue weighted by molar-refractivity contribution is 8.28. The minimum atomic E-state index is -0.930. The second-order valence-corrected chi connectivity index (χ2v) is 11.1. The molecule has 4 atom stereocenters. The van der Waals surface area contributed by atoms with Gasteiger partial charge in [0, 0.05) is 42.1 Å². The van der Waals surface area contributed by atoms with E-state index in [0.29, 0.717) is 18.1 Å². The van der Waals surface area contributed by atoms with Gasteiger partial charge in [-0.3, -0.25) is 18.8 Å². The van der Waals surface area contributed by atoms with Crippen LogP contribution in [0.5, 0.6) is 0 Å². The molecule has 2 fully saturated rings. The Labute approximate surface area is 180 Å². The number of pyridine rings is 1. The number of hydrogen-bond acceptors (Lipinski definition) is 7. The number of fused-ring (bicyclic) bond motifs is 3. The first-order chi connectivity index (χ1) is 14.7. The number of thiazole rings is 1. The van der Waals surface area contributed by atoms with Gasteiger partial charge in [0.1, 0.15) is 5.03 Å². The maximum absolute atomic E-state index is 13.1. The summed E-state index contributed by atoms with van der Waals surface area (Å²) in [6.07, 6.45) is 10.2. The van der Waals surface area contributed by atoms with Gasteiger partial charge in [-0.05, 0) is 44.4 Å². The summed E-state index contributed by atoms with van der Waals surface area (Å²) in [5.74, 6) is 0. The van der Waals surface area contributed by atoms with Gasteiger partial charge >= 0.3 is 0 Å². The molecule has 8 nitrogen and oxygen atoms in total. The molecule has 0 radical (unpaired) electrons. The third kappa shape index (κ3) is 2.97. The molecular weight excluding hydrogens is 418 g/mol. The highest BCUT2D eigenvalue weighted by Gasteiger charge is 2.40. The van der Waals surface area contributed by atoms with Gasteiger partial charge in [-0.1, -0.05) is 11.1 Å². The highest BCUT2D eigenvalue weighted by Crippen LogP contribution is 2.54. The predicted octanol–water partition coefficient (Wildman–Crippen LogP) is 2.73. The van der Waals surface area contributed by atoms with Crippen LogP contribution >= 0.6 is 22.4 Å². The van der Waals surface area contributed by atoms with Crippen molar-refractivity contribution in [2.45, 2.75) is 48.8 Å². The Hall–Kier alpha value is -2.27. The first-order valence-electron chi connectivity index (χ1n) is 10.2. The number of H-pyrrole nitrogens is 1. The summed E-state index contributed by atoms with van der Waals surface area (Å²) in [6.45, 7) is 0. The average Bonchev–Trinajstić information content (AvgIpc) is 3.52. The molecular formula is C20H23N7OS2. The molecule has 0 saturated carbocycles. The Morgan fingerprint density at radius 3 is 2.83 bits per heavy atom. The van der Waals surface area contributed by atoms with Gasteiger partial charge in [0.15, 0.2) is 10.2 Å². The second kappa shape index (κ2) is 7.16. The van der Waals surface area contributed by atoms with Crippen LogP contribution in [-0.4, -0.2) is 54.4 Å². The zero-order valence-corrected chi connectivity index (χ0v) is 18.2. The van der Waals surface area contributed by atoms with E-state index in [1.165, 1.54) is 12.8 Å². The topological polar surface area (TPSA) is 91.2 Å². The van der Waals surface area contributed by atoms with Crippen LogP contribution in [0.1, 0.15) is 25.7 Å². The zero-order valence-electron chi connectivity index (χ0n) is 16.5. The van der Waals surface area contributed by atoms with Gasteiger partial charge in [-0.15, -0.1) is 11.3 Å². The van der Waals surface area contributed by atoms with Crippen molar-refractivity contribution < 1.29 is 0 Å². The Bertz CT molecular complexity index is 1160. The number of piperidine rings is 1. The number of thiol groups is 1. The summed E-state index contributed by atoms with van der Waals surface area (Å²) in [6, 6.07) is 5.31. The summed E-state index contributed by atoms with van der Waals surface area (Å²) in [7, 11) is 2.19. The first kappa shape index (κ1) is 18.5. The van der Waals surface area contributed by atoms with Gasteiger partial charge in [-0.25, -0.2) is 9.98 Å². The SMILES string of the molecule is CN([C@@H]1C[C@H]2CC[C@@H](C1)N2)[SH]1C(n2ccc(-c3cn[nH]c3)cc2=O)=Nc2scnc21. The van der Waals surface area contributed by atoms with Crippen LogP contribution < -0.4 is 10.9 Å². The van der Waals surface area contributed by atoms with E-state index in [1.807, 2.05) is 17.8 Å². The monoisotopic (exact) mass is 441 g/mol. The lowest BCUT2D eigenvalue weighted by molar-refractivity contribution is 0.264. The molecule has 156 valence electrons. The number of nitrogens with one attached hydrogen (secondary N) is 2. The van der Waals surface area contributed by atoms with Crippen LogP contribution in [0.4, 0.5) is 5.00 Å². The first-order valence-corrected chi connectivity index (χ1v) is 12.4. The maximum Gasteiger partial charge on any atom is 0.257 e. The fourth-order valence-corrected chi connectivity index (χ4v) is 8.23. The van der Waals surface area contributed by atoms with Crippen LogP contribution in [0.2, 0.25) is 0 Å².